The van der Waals surface area contributed by atoms with Gasteiger partial charge in [-0.05, 0) is 54.0 Å². The number of halogens is 3. The van der Waals surface area contributed by atoms with Gasteiger partial charge in [0.2, 0.25) is 10.0 Å². The smallest absolute Gasteiger partial charge is 0.243 e. The summed E-state index contributed by atoms with van der Waals surface area (Å²) < 4.78 is 27.2. The fourth-order valence-electron chi connectivity index (χ4n) is 2.18. The van der Waals surface area contributed by atoms with E-state index >= 15 is 0 Å². The quantitative estimate of drug-likeness (QED) is 0.843. The molecule has 0 radical (unpaired) electrons. The Morgan fingerprint density at radius 1 is 1.45 bits per heavy atom. The van der Waals surface area contributed by atoms with Crippen molar-refractivity contribution in [2.24, 2.45) is 0 Å². The lowest BCUT2D eigenvalue weighted by atomic mass is 10.1. The van der Waals surface area contributed by atoms with Crippen molar-refractivity contribution in [1.82, 2.24) is 9.62 Å². The minimum atomic E-state index is -3.44. The minimum Gasteiger partial charge on any atom is -0.316 e. The first-order valence-corrected chi connectivity index (χ1v) is 8.68. The lowest BCUT2D eigenvalue weighted by molar-refractivity contribution is 0.293. The van der Waals surface area contributed by atoms with Crippen LogP contribution in [0.15, 0.2) is 27.6 Å². The Morgan fingerprint density at radius 3 is 2.75 bits per heavy atom. The van der Waals surface area contributed by atoms with E-state index in [9.17, 15) is 8.42 Å². The van der Waals surface area contributed by atoms with Gasteiger partial charge in [-0.2, -0.15) is 4.31 Å². The zero-order chi connectivity index (χ0) is 14.0. The van der Waals surface area contributed by atoms with Gasteiger partial charge in [0.15, 0.2) is 0 Å². The van der Waals surface area contributed by atoms with Crippen molar-refractivity contribution in [3.63, 3.8) is 0 Å². The maximum atomic E-state index is 12.5. The van der Waals surface area contributed by atoms with Crippen LogP contribution in [0.4, 0.5) is 0 Å². The van der Waals surface area contributed by atoms with E-state index in [1.165, 1.54) is 4.31 Å². The molecule has 1 aliphatic heterocycles. The molecule has 0 aliphatic carbocycles. The molecule has 1 heterocycles. The molecule has 1 N–H and O–H groups in total. The molecule has 4 nitrogen and oxygen atoms in total. The summed E-state index contributed by atoms with van der Waals surface area (Å²) in [6, 6.07) is 4.92. The predicted octanol–water partition coefficient (Wildman–Crippen LogP) is 2.90. The lowest BCUT2D eigenvalue weighted by Gasteiger charge is -2.31. The third-order valence-corrected chi connectivity index (χ3v) is 6.40. The summed E-state index contributed by atoms with van der Waals surface area (Å²) >= 11 is 9.16. The zero-order valence-corrected chi connectivity index (χ0v) is 14.9. The first-order chi connectivity index (χ1) is 8.95. The summed E-state index contributed by atoms with van der Waals surface area (Å²) in [4.78, 5) is 0.278. The van der Waals surface area contributed by atoms with E-state index in [2.05, 4.69) is 21.2 Å². The van der Waals surface area contributed by atoms with Crippen LogP contribution in [-0.2, 0) is 10.0 Å². The summed E-state index contributed by atoms with van der Waals surface area (Å²) in [7, 11) is -1.58. The third-order valence-electron chi connectivity index (χ3n) is 3.32. The highest BCUT2D eigenvalue weighted by atomic mass is 79.9. The molecule has 0 bridgehead atoms. The van der Waals surface area contributed by atoms with E-state index < -0.39 is 10.0 Å². The van der Waals surface area contributed by atoms with Gasteiger partial charge in [-0.25, -0.2) is 8.42 Å². The Kier molecular flexibility index (Phi) is 6.76. The molecule has 0 saturated carbocycles. The second-order valence-electron chi connectivity index (χ2n) is 4.57. The maximum Gasteiger partial charge on any atom is 0.243 e. The Balaban J connectivity index is 0.00000200. The molecule has 1 aromatic rings. The molecule has 1 saturated heterocycles. The summed E-state index contributed by atoms with van der Waals surface area (Å²) in [5.41, 5.74) is 0. The van der Waals surface area contributed by atoms with Crippen molar-refractivity contribution in [2.45, 2.75) is 23.8 Å². The minimum absolute atomic E-state index is 0. The third kappa shape index (κ3) is 3.87. The highest BCUT2D eigenvalue weighted by Gasteiger charge is 2.29. The van der Waals surface area contributed by atoms with Crippen molar-refractivity contribution < 1.29 is 8.42 Å². The van der Waals surface area contributed by atoms with Crippen molar-refractivity contribution >= 4 is 50.0 Å². The van der Waals surface area contributed by atoms with E-state index in [4.69, 9.17) is 11.6 Å². The highest BCUT2D eigenvalue weighted by molar-refractivity contribution is 9.10. The van der Waals surface area contributed by atoms with E-state index in [1.807, 2.05) is 7.05 Å². The van der Waals surface area contributed by atoms with Crippen LogP contribution < -0.4 is 5.32 Å². The van der Waals surface area contributed by atoms with Gasteiger partial charge in [0, 0.05) is 23.6 Å². The lowest BCUT2D eigenvalue weighted by Crippen LogP contribution is -2.46. The molecule has 2 rings (SSSR count). The molecular weight excluding hydrogens is 387 g/mol. The van der Waals surface area contributed by atoms with Crippen LogP contribution in [0.1, 0.15) is 12.8 Å². The number of piperidine rings is 1. The zero-order valence-electron chi connectivity index (χ0n) is 11.0. The van der Waals surface area contributed by atoms with Crippen LogP contribution in [0, 0.1) is 0 Å². The second kappa shape index (κ2) is 7.42. The predicted molar refractivity (Wildman–Crippen MR) is 87.2 cm³/mol. The van der Waals surface area contributed by atoms with E-state index in [0.29, 0.717) is 22.6 Å². The van der Waals surface area contributed by atoms with Crippen molar-refractivity contribution in [3.05, 3.63) is 27.7 Å². The Hall–Kier alpha value is 0.150. The molecule has 1 aliphatic rings. The molecule has 0 amide bonds. The summed E-state index contributed by atoms with van der Waals surface area (Å²) in [5, 5.41) is 3.65. The van der Waals surface area contributed by atoms with Gasteiger partial charge in [0.25, 0.3) is 0 Å². The van der Waals surface area contributed by atoms with E-state index in [-0.39, 0.29) is 23.3 Å². The van der Waals surface area contributed by atoms with Crippen LogP contribution in [0.3, 0.4) is 0 Å². The monoisotopic (exact) mass is 402 g/mol. The number of rotatable bonds is 3. The average Bonchev–Trinajstić information content (AvgIpc) is 2.41. The number of hydrogen-bond donors (Lipinski definition) is 1. The first kappa shape index (κ1) is 18.2. The maximum absolute atomic E-state index is 12.5. The number of likely N-dealkylation sites (N-methyl/N-ethyl adjacent to an activating group) is 1. The normalized spacial score (nSPS) is 20.4. The van der Waals surface area contributed by atoms with Crippen molar-refractivity contribution in [3.8, 4) is 0 Å². The van der Waals surface area contributed by atoms with Gasteiger partial charge in [-0.15, -0.1) is 12.4 Å². The van der Waals surface area contributed by atoms with Gasteiger partial charge in [-0.1, -0.05) is 11.6 Å². The SMILES string of the molecule is CNC1CCCN(S(=O)(=O)c2ccc(Cl)c(Br)c2)C1.Cl. The van der Waals surface area contributed by atoms with Gasteiger partial charge in [0.05, 0.1) is 9.92 Å². The molecule has 114 valence electrons. The number of benzene rings is 1. The first-order valence-electron chi connectivity index (χ1n) is 6.07. The van der Waals surface area contributed by atoms with E-state index in [0.717, 1.165) is 12.8 Å². The van der Waals surface area contributed by atoms with Crippen molar-refractivity contribution in [2.75, 3.05) is 20.1 Å². The highest BCUT2D eigenvalue weighted by Crippen LogP contribution is 2.28. The average molecular weight is 404 g/mol. The van der Waals surface area contributed by atoms with E-state index in [1.54, 1.807) is 18.2 Å². The van der Waals surface area contributed by atoms with Crippen LogP contribution in [0.5, 0.6) is 0 Å². The number of sulfonamides is 1. The molecule has 1 fully saturated rings. The van der Waals surface area contributed by atoms with Crippen molar-refractivity contribution in [1.29, 1.82) is 0 Å². The number of nitrogens with zero attached hydrogens (tertiary/aromatic N) is 1. The Bertz CT molecular complexity index is 569. The fraction of sp³-hybridized carbons (Fsp3) is 0.500. The molecule has 0 spiro atoms. The Morgan fingerprint density at radius 2 is 2.15 bits per heavy atom. The summed E-state index contributed by atoms with van der Waals surface area (Å²) in [5.74, 6) is 0. The molecule has 20 heavy (non-hydrogen) atoms. The van der Waals surface area contributed by atoms with Crippen LogP contribution in [0.25, 0.3) is 0 Å². The fourth-order valence-corrected chi connectivity index (χ4v) is 4.38. The molecular formula is C12H17BrCl2N2O2S. The molecule has 1 aromatic carbocycles. The van der Waals surface area contributed by atoms with Crippen LogP contribution in [0.2, 0.25) is 5.02 Å². The standard InChI is InChI=1S/C12H16BrClN2O2S.ClH/c1-15-9-3-2-6-16(8-9)19(17,18)10-4-5-12(14)11(13)7-10;/h4-5,7,9,15H,2-3,6,8H2,1H3;1H. The number of hydrogen-bond acceptors (Lipinski definition) is 3. The molecule has 0 aromatic heterocycles. The van der Waals surface area contributed by atoms with Gasteiger partial charge >= 0.3 is 0 Å². The second-order valence-corrected chi connectivity index (χ2v) is 7.77. The number of nitrogens with one attached hydrogen (secondary N) is 1. The topological polar surface area (TPSA) is 49.4 Å². The van der Waals surface area contributed by atoms with Crippen LogP contribution in [-0.4, -0.2) is 38.9 Å². The Labute approximate surface area is 139 Å². The van der Waals surface area contributed by atoms with Gasteiger partial charge in [-0.3, -0.25) is 0 Å². The van der Waals surface area contributed by atoms with Gasteiger partial charge in [0.1, 0.15) is 0 Å². The summed E-state index contributed by atoms with van der Waals surface area (Å²) in [6.07, 6.45) is 1.88. The van der Waals surface area contributed by atoms with Gasteiger partial charge < -0.3 is 5.32 Å². The largest absolute Gasteiger partial charge is 0.316 e. The molecule has 8 heteroatoms. The molecule has 1 unspecified atom stereocenters. The summed E-state index contributed by atoms with van der Waals surface area (Å²) in [6.45, 7) is 1.08. The molecule has 1 atom stereocenters. The van der Waals surface area contributed by atoms with Crippen LogP contribution >= 0.6 is 39.9 Å².